The first-order valence-electron chi connectivity index (χ1n) is 5.94. The van der Waals surface area contributed by atoms with Crippen LogP contribution in [-0.4, -0.2) is 25.0 Å². The van der Waals surface area contributed by atoms with Gasteiger partial charge in [0.15, 0.2) is 0 Å². The minimum absolute atomic E-state index is 0.357. The van der Waals surface area contributed by atoms with Crippen molar-refractivity contribution in [2.75, 3.05) is 0 Å². The van der Waals surface area contributed by atoms with Crippen molar-refractivity contribution in [3.63, 3.8) is 0 Å². The molecule has 0 heterocycles. The second-order valence-corrected chi connectivity index (χ2v) is 6.60. The highest BCUT2D eigenvalue weighted by molar-refractivity contribution is 7.89. The van der Waals surface area contributed by atoms with Crippen LogP contribution in [0.5, 0.6) is 0 Å². The Balaban J connectivity index is 2.28. The Hall–Kier alpha value is -1.54. The molecule has 0 aliphatic heterocycles. The van der Waals surface area contributed by atoms with Gasteiger partial charge >= 0.3 is 5.97 Å². The maximum Gasteiger partial charge on any atom is 0.305 e. The molecule has 8 heteroatoms. The third-order valence-electron chi connectivity index (χ3n) is 3.30. The van der Waals surface area contributed by atoms with E-state index < -0.39 is 38.1 Å². The molecule has 1 fully saturated rings. The molecule has 0 atom stereocenters. The lowest BCUT2D eigenvalue weighted by molar-refractivity contribution is -0.139. The lowest BCUT2D eigenvalue weighted by Gasteiger charge is -2.40. The molecule has 5 nitrogen and oxygen atoms in total. The zero-order chi connectivity index (χ0) is 15.0. The standard InChI is InChI=1S/C12H13F2NO4S/c13-8-4-9(14)6-10(5-8)20(18,19)15-12(2-1-3-12)7-11(16)17/h4-6,15H,1-3,7H2,(H,16,17). The molecule has 0 bridgehead atoms. The summed E-state index contributed by atoms with van der Waals surface area (Å²) >= 11 is 0. The summed E-state index contributed by atoms with van der Waals surface area (Å²) in [4.78, 5) is 10.2. The van der Waals surface area contributed by atoms with Crippen LogP contribution in [0.4, 0.5) is 8.78 Å². The van der Waals surface area contributed by atoms with E-state index in [1.54, 1.807) is 0 Å². The molecule has 0 radical (unpaired) electrons. The van der Waals surface area contributed by atoms with Gasteiger partial charge in [0.2, 0.25) is 10.0 Å². The summed E-state index contributed by atoms with van der Waals surface area (Å²) in [6.45, 7) is 0. The average molecular weight is 305 g/mol. The summed E-state index contributed by atoms with van der Waals surface area (Å²) in [5, 5.41) is 8.81. The molecular weight excluding hydrogens is 292 g/mol. The first-order valence-corrected chi connectivity index (χ1v) is 7.43. The predicted molar refractivity (Wildman–Crippen MR) is 65.5 cm³/mol. The molecule has 2 N–H and O–H groups in total. The van der Waals surface area contributed by atoms with Crippen LogP contribution in [-0.2, 0) is 14.8 Å². The van der Waals surface area contributed by atoms with E-state index in [-0.39, 0.29) is 6.42 Å². The number of carboxylic acid groups (broad SMARTS) is 1. The van der Waals surface area contributed by atoms with Crippen molar-refractivity contribution in [2.24, 2.45) is 0 Å². The van der Waals surface area contributed by atoms with E-state index in [0.717, 1.165) is 0 Å². The lowest BCUT2D eigenvalue weighted by atomic mass is 9.75. The Labute approximate surface area is 114 Å². The van der Waals surface area contributed by atoms with Gasteiger partial charge in [0.05, 0.1) is 11.3 Å². The highest BCUT2D eigenvalue weighted by Gasteiger charge is 2.42. The number of sulfonamides is 1. The zero-order valence-electron chi connectivity index (χ0n) is 10.4. The van der Waals surface area contributed by atoms with E-state index >= 15 is 0 Å². The summed E-state index contributed by atoms with van der Waals surface area (Å²) in [5.41, 5.74) is -1.06. The third-order valence-corrected chi connectivity index (χ3v) is 4.86. The van der Waals surface area contributed by atoms with E-state index in [9.17, 15) is 22.0 Å². The Morgan fingerprint density at radius 2 is 1.80 bits per heavy atom. The largest absolute Gasteiger partial charge is 0.481 e. The maximum absolute atomic E-state index is 13.1. The fourth-order valence-corrected chi connectivity index (χ4v) is 3.74. The molecule has 1 saturated carbocycles. The SMILES string of the molecule is O=C(O)CC1(NS(=O)(=O)c2cc(F)cc(F)c2)CCC1. The number of hydrogen-bond donors (Lipinski definition) is 2. The quantitative estimate of drug-likeness (QED) is 0.866. The number of aliphatic carboxylic acids is 1. The van der Waals surface area contributed by atoms with Crippen LogP contribution < -0.4 is 4.72 Å². The second-order valence-electron chi connectivity index (χ2n) is 4.92. The van der Waals surface area contributed by atoms with Gasteiger partial charge in [0, 0.05) is 11.6 Å². The van der Waals surface area contributed by atoms with E-state index in [1.165, 1.54) is 0 Å². The van der Waals surface area contributed by atoms with Crippen LogP contribution in [0.25, 0.3) is 0 Å². The van der Waals surface area contributed by atoms with Crippen LogP contribution >= 0.6 is 0 Å². The number of benzene rings is 1. The molecule has 20 heavy (non-hydrogen) atoms. The van der Waals surface area contributed by atoms with Crippen LogP contribution in [0.3, 0.4) is 0 Å². The summed E-state index contributed by atoms with van der Waals surface area (Å²) in [7, 11) is -4.16. The van der Waals surface area contributed by atoms with E-state index in [2.05, 4.69) is 4.72 Å². The summed E-state index contributed by atoms with van der Waals surface area (Å²) in [6, 6.07) is 1.95. The van der Waals surface area contributed by atoms with Crippen LogP contribution in [0, 0.1) is 11.6 Å². The molecule has 0 amide bonds. The first kappa shape index (κ1) is 14.9. The van der Waals surface area contributed by atoms with E-state index in [0.29, 0.717) is 37.5 Å². The molecule has 2 rings (SSSR count). The Morgan fingerprint density at radius 3 is 2.20 bits per heavy atom. The topological polar surface area (TPSA) is 83.5 Å². The number of carboxylic acids is 1. The van der Waals surface area contributed by atoms with E-state index in [1.807, 2.05) is 0 Å². The van der Waals surface area contributed by atoms with Crippen LogP contribution in [0.1, 0.15) is 25.7 Å². The minimum atomic E-state index is -4.16. The minimum Gasteiger partial charge on any atom is -0.481 e. The summed E-state index contributed by atoms with van der Waals surface area (Å²) in [5.74, 6) is -3.14. The zero-order valence-corrected chi connectivity index (χ0v) is 11.2. The van der Waals surface area contributed by atoms with Crippen molar-refractivity contribution >= 4 is 16.0 Å². The normalized spacial score (nSPS) is 17.5. The van der Waals surface area contributed by atoms with Gasteiger partial charge in [-0.2, -0.15) is 0 Å². The molecular formula is C12H13F2NO4S. The molecule has 1 aromatic rings. The van der Waals surface area contributed by atoms with Crippen molar-refractivity contribution in [1.82, 2.24) is 4.72 Å². The summed E-state index contributed by atoms with van der Waals surface area (Å²) in [6.07, 6.45) is 1.12. The fourth-order valence-electron chi connectivity index (χ4n) is 2.24. The van der Waals surface area contributed by atoms with Gasteiger partial charge in [-0.3, -0.25) is 4.79 Å². The number of nitrogens with one attached hydrogen (secondary N) is 1. The molecule has 1 aliphatic rings. The Morgan fingerprint density at radius 1 is 1.25 bits per heavy atom. The van der Waals surface area contributed by atoms with Crippen LogP contribution in [0.15, 0.2) is 23.1 Å². The van der Waals surface area contributed by atoms with Crippen molar-refractivity contribution in [2.45, 2.75) is 36.1 Å². The Bertz CT molecular complexity index is 621. The molecule has 110 valence electrons. The van der Waals surface area contributed by atoms with Crippen molar-refractivity contribution in [3.8, 4) is 0 Å². The predicted octanol–water partition coefficient (Wildman–Crippen LogP) is 1.64. The van der Waals surface area contributed by atoms with Crippen molar-refractivity contribution in [1.29, 1.82) is 0 Å². The smallest absolute Gasteiger partial charge is 0.305 e. The van der Waals surface area contributed by atoms with Gasteiger partial charge in [-0.05, 0) is 31.4 Å². The number of carbonyl (C=O) groups is 1. The number of halogens is 2. The van der Waals surface area contributed by atoms with Gasteiger partial charge in [0.25, 0.3) is 0 Å². The number of rotatable bonds is 5. The highest BCUT2D eigenvalue weighted by Crippen LogP contribution is 2.36. The van der Waals surface area contributed by atoms with Crippen molar-refractivity contribution in [3.05, 3.63) is 29.8 Å². The third kappa shape index (κ3) is 3.13. The molecule has 0 unspecified atom stereocenters. The fraction of sp³-hybridized carbons (Fsp3) is 0.417. The molecule has 0 spiro atoms. The van der Waals surface area contributed by atoms with Crippen molar-refractivity contribution < 1.29 is 27.1 Å². The van der Waals surface area contributed by atoms with Gasteiger partial charge in [-0.1, -0.05) is 0 Å². The maximum atomic E-state index is 13.1. The van der Waals surface area contributed by atoms with E-state index in [4.69, 9.17) is 5.11 Å². The summed E-state index contributed by atoms with van der Waals surface area (Å²) < 4.78 is 52.6. The highest BCUT2D eigenvalue weighted by atomic mass is 32.2. The molecule has 0 aromatic heterocycles. The lowest BCUT2D eigenvalue weighted by Crippen LogP contribution is -2.54. The van der Waals surface area contributed by atoms with Crippen LogP contribution in [0.2, 0.25) is 0 Å². The van der Waals surface area contributed by atoms with Gasteiger partial charge < -0.3 is 5.11 Å². The second kappa shape index (κ2) is 5.10. The molecule has 1 aromatic carbocycles. The first-order chi connectivity index (χ1) is 9.22. The number of hydrogen-bond acceptors (Lipinski definition) is 3. The van der Waals surface area contributed by atoms with Gasteiger partial charge in [-0.15, -0.1) is 0 Å². The van der Waals surface area contributed by atoms with Gasteiger partial charge in [0.1, 0.15) is 11.6 Å². The molecule has 0 saturated heterocycles. The monoisotopic (exact) mass is 305 g/mol. The Kier molecular flexibility index (Phi) is 3.79. The molecule has 1 aliphatic carbocycles. The van der Waals surface area contributed by atoms with Gasteiger partial charge in [-0.25, -0.2) is 21.9 Å². The average Bonchev–Trinajstić information content (AvgIpc) is 2.23.